The molecule has 2 aromatic rings. The molecule has 1 fully saturated rings. The third-order valence-electron chi connectivity index (χ3n) is 4.46. The van der Waals surface area contributed by atoms with Gasteiger partial charge < -0.3 is 10.6 Å². The highest BCUT2D eigenvalue weighted by Crippen LogP contribution is 2.41. The molecule has 6 heteroatoms. The zero-order valence-corrected chi connectivity index (χ0v) is 14.9. The van der Waals surface area contributed by atoms with Crippen molar-refractivity contribution in [2.45, 2.75) is 31.1 Å². The number of thiophene rings is 1. The van der Waals surface area contributed by atoms with E-state index in [0.717, 1.165) is 12.8 Å². The summed E-state index contributed by atoms with van der Waals surface area (Å²) in [6.07, 6.45) is 4.67. The van der Waals surface area contributed by atoms with Crippen LogP contribution in [0.25, 0.3) is 0 Å². The van der Waals surface area contributed by atoms with E-state index in [2.05, 4.69) is 27.5 Å². The highest BCUT2D eigenvalue weighted by Gasteiger charge is 2.36. The lowest BCUT2D eigenvalue weighted by atomic mass is 9.80. The van der Waals surface area contributed by atoms with Gasteiger partial charge in [0.05, 0.1) is 10.0 Å². The van der Waals surface area contributed by atoms with Gasteiger partial charge in [0.25, 0.3) is 0 Å². The Morgan fingerprint density at radius 1 is 1.17 bits per heavy atom. The number of carbonyl (C=O) groups excluding carboxylic acids is 1. The van der Waals surface area contributed by atoms with Crippen molar-refractivity contribution in [1.82, 2.24) is 5.32 Å². The number of hydrogen-bond acceptors (Lipinski definition) is 2. The molecular weight excluding hydrogens is 351 g/mol. The summed E-state index contributed by atoms with van der Waals surface area (Å²) in [6, 6.07) is 7.01. The van der Waals surface area contributed by atoms with E-state index >= 15 is 0 Å². The Bertz CT molecular complexity index is 682. The third-order valence-corrected chi connectivity index (χ3v) is 5.88. The van der Waals surface area contributed by atoms with Crippen molar-refractivity contribution in [1.29, 1.82) is 0 Å². The van der Waals surface area contributed by atoms with Gasteiger partial charge in [-0.2, -0.15) is 11.3 Å². The standard InChI is InChI=1S/C17H18Cl2N2OS/c18-14-4-3-13(9-15(14)19)21-16(22)20-11-17(6-1-2-7-17)12-5-8-23-10-12/h3-5,8-10H,1-2,6-7,11H2,(H2,20,21,22). The Hall–Kier alpha value is -1.23. The summed E-state index contributed by atoms with van der Waals surface area (Å²) in [5.74, 6) is 0. The fourth-order valence-corrected chi connectivity index (χ4v) is 4.26. The first-order valence-corrected chi connectivity index (χ1v) is 9.32. The van der Waals surface area contributed by atoms with E-state index < -0.39 is 0 Å². The molecule has 0 unspecified atom stereocenters. The second-order valence-electron chi connectivity index (χ2n) is 5.94. The molecule has 0 aliphatic heterocycles. The van der Waals surface area contributed by atoms with Crippen molar-refractivity contribution in [3.05, 3.63) is 50.6 Å². The lowest BCUT2D eigenvalue weighted by molar-refractivity contribution is 0.248. The van der Waals surface area contributed by atoms with Gasteiger partial charge in [0.1, 0.15) is 0 Å². The average molecular weight is 369 g/mol. The maximum atomic E-state index is 12.2. The van der Waals surface area contributed by atoms with Crippen LogP contribution in [0.3, 0.4) is 0 Å². The number of nitrogens with one attached hydrogen (secondary N) is 2. The number of anilines is 1. The number of rotatable bonds is 4. The van der Waals surface area contributed by atoms with Gasteiger partial charge in [-0.05, 0) is 53.4 Å². The smallest absolute Gasteiger partial charge is 0.319 e. The molecule has 122 valence electrons. The fourth-order valence-electron chi connectivity index (χ4n) is 3.18. The largest absolute Gasteiger partial charge is 0.337 e. The van der Waals surface area contributed by atoms with Gasteiger partial charge in [-0.3, -0.25) is 0 Å². The first-order valence-electron chi connectivity index (χ1n) is 7.62. The minimum Gasteiger partial charge on any atom is -0.337 e. The molecule has 0 saturated heterocycles. The molecule has 1 aliphatic carbocycles. The lowest BCUT2D eigenvalue weighted by Crippen LogP contribution is -2.40. The maximum Gasteiger partial charge on any atom is 0.319 e. The normalized spacial score (nSPS) is 16.3. The van der Waals surface area contributed by atoms with Crippen molar-refractivity contribution < 1.29 is 4.79 Å². The molecule has 2 amide bonds. The van der Waals surface area contributed by atoms with Crippen LogP contribution in [0, 0.1) is 0 Å². The van der Waals surface area contributed by atoms with Crippen molar-refractivity contribution in [3.63, 3.8) is 0 Å². The van der Waals surface area contributed by atoms with Crippen molar-refractivity contribution in [3.8, 4) is 0 Å². The van der Waals surface area contributed by atoms with Gasteiger partial charge in [-0.1, -0.05) is 36.0 Å². The van der Waals surface area contributed by atoms with E-state index in [1.807, 2.05) is 0 Å². The van der Waals surface area contributed by atoms with Crippen molar-refractivity contribution in [2.75, 3.05) is 11.9 Å². The highest BCUT2D eigenvalue weighted by molar-refractivity contribution is 7.08. The molecule has 1 aliphatic rings. The van der Waals surface area contributed by atoms with Gasteiger partial charge in [0.2, 0.25) is 0 Å². The van der Waals surface area contributed by atoms with Crippen LogP contribution in [0.5, 0.6) is 0 Å². The second kappa shape index (κ2) is 7.12. The van der Waals surface area contributed by atoms with E-state index in [9.17, 15) is 4.79 Å². The number of carbonyl (C=O) groups is 1. The van der Waals surface area contributed by atoms with Crippen LogP contribution < -0.4 is 10.6 Å². The Kier molecular flexibility index (Phi) is 5.14. The molecule has 1 heterocycles. The van der Waals surface area contributed by atoms with Crippen molar-refractivity contribution >= 4 is 46.3 Å². The highest BCUT2D eigenvalue weighted by atomic mass is 35.5. The Morgan fingerprint density at radius 2 is 1.96 bits per heavy atom. The Morgan fingerprint density at radius 3 is 2.61 bits per heavy atom. The van der Waals surface area contributed by atoms with E-state index in [1.165, 1.54) is 18.4 Å². The molecule has 1 aromatic carbocycles. The molecule has 0 radical (unpaired) electrons. The van der Waals surface area contributed by atoms with E-state index in [0.29, 0.717) is 22.3 Å². The molecule has 1 aromatic heterocycles. The number of benzene rings is 1. The zero-order valence-electron chi connectivity index (χ0n) is 12.6. The molecule has 0 spiro atoms. The second-order valence-corrected chi connectivity index (χ2v) is 7.53. The molecule has 0 atom stereocenters. The van der Waals surface area contributed by atoms with Crippen LogP contribution in [-0.2, 0) is 5.41 Å². The van der Waals surface area contributed by atoms with Gasteiger partial charge >= 0.3 is 6.03 Å². The number of halogens is 2. The van der Waals surface area contributed by atoms with Crippen LogP contribution in [0.1, 0.15) is 31.2 Å². The van der Waals surface area contributed by atoms with Crippen LogP contribution in [0.15, 0.2) is 35.0 Å². The summed E-state index contributed by atoms with van der Waals surface area (Å²) < 4.78 is 0. The fraction of sp³-hybridized carbons (Fsp3) is 0.353. The first-order chi connectivity index (χ1) is 11.1. The molecule has 23 heavy (non-hydrogen) atoms. The van der Waals surface area contributed by atoms with Gasteiger partial charge in [-0.25, -0.2) is 4.79 Å². The van der Waals surface area contributed by atoms with Crippen molar-refractivity contribution in [2.24, 2.45) is 0 Å². The predicted octanol–water partition coefficient (Wildman–Crippen LogP) is 5.69. The molecule has 0 bridgehead atoms. The quantitative estimate of drug-likeness (QED) is 0.714. The van der Waals surface area contributed by atoms with E-state index in [1.54, 1.807) is 29.5 Å². The monoisotopic (exact) mass is 368 g/mol. The topological polar surface area (TPSA) is 41.1 Å². The predicted molar refractivity (Wildman–Crippen MR) is 97.9 cm³/mol. The van der Waals surface area contributed by atoms with Crippen LogP contribution in [0.2, 0.25) is 10.0 Å². The zero-order chi connectivity index (χ0) is 16.3. The lowest BCUT2D eigenvalue weighted by Gasteiger charge is -2.28. The summed E-state index contributed by atoms with van der Waals surface area (Å²) in [4.78, 5) is 12.2. The van der Waals surface area contributed by atoms with E-state index in [4.69, 9.17) is 23.2 Å². The first kappa shape index (κ1) is 16.6. The van der Waals surface area contributed by atoms with Gasteiger partial charge in [-0.15, -0.1) is 0 Å². The molecule has 2 N–H and O–H groups in total. The summed E-state index contributed by atoms with van der Waals surface area (Å²) in [5, 5.41) is 11.0. The summed E-state index contributed by atoms with van der Waals surface area (Å²) in [5.41, 5.74) is 2.05. The number of hydrogen-bond donors (Lipinski definition) is 2. The Balaban J connectivity index is 1.62. The number of amides is 2. The molecule has 1 saturated carbocycles. The van der Waals surface area contributed by atoms with Gasteiger partial charge in [0, 0.05) is 17.6 Å². The molecule has 3 rings (SSSR count). The Labute approximate surface area is 150 Å². The summed E-state index contributed by atoms with van der Waals surface area (Å²) >= 11 is 13.6. The summed E-state index contributed by atoms with van der Waals surface area (Å²) in [7, 11) is 0. The summed E-state index contributed by atoms with van der Waals surface area (Å²) in [6.45, 7) is 0.650. The minimum atomic E-state index is -0.218. The SMILES string of the molecule is O=C(NCC1(c2ccsc2)CCCC1)Nc1ccc(Cl)c(Cl)c1. The van der Waals surface area contributed by atoms with Crippen LogP contribution in [0.4, 0.5) is 10.5 Å². The number of urea groups is 1. The minimum absolute atomic E-state index is 0.0784. The maximum absolute atomic E-state index is 12.2. The van der Waals surface area contributed by atoms with Crippen LogP contribution in [-0.4, -0.2) is 12.6 Å². The average Bonchev–Trinajstić information content (AvgIpc) is 3.20. The third kappa shape index (κ3) is 3.82. The van der Waals surface area contributed by atoms with Crippen LogP contribution >= 0.6 is 34.5 Å². The molecular formula is C17H18Cl2N2OS. The van der Waals surface area contributed by atoms with Gasteiger partial charge in [0.15, 0.2) is 0 Å². The van der Waals surface area contributed by atoms with E-state index in [-0.39, 0.29) is 11.4 Å². The molecule has 3 nitrogen and oxygen atoms in total.